The molecule has 0 atom stereocenters. The van der Waals surface area contributed by atoms with Crippen LogP contribution in [0.3, 0.4) is 0 Å². The maximum Gasteiger partial charge on any atom is 0.160 e. The summed E-state index contributed by atoms with van der Waals surface area (Å²) in [6.07, 6.45) is 1.82. The van der Waals surface area contributed by atoms with Crippen LogP contribution < -0.4 is 0 Å². The average molecular weight is 538 g/mol. The predicted octanol–water partition coefficient (Wildman–Crippen LogP) is 9.87. The smallest absolute Gasteiger partial charge is 0.160 e. The Morgan fingerprint density at radius 1 is 0.286 bits per heavy atom. The Bertz CT molecular complexity index is 1720. The average Bonchev–Trinajstić information content (AvgIpc) is 3.09. The van der Waals surface area contributed by atoms with Gasteiger partial charge in [0.1, 0.15) is 0 Å². The number of hydrogen-bond acceptors (Lipinski definition) is 3. The number of rotatable bonds is 6. The molecule has 2 heterocycles. The van der Waals surface area contributed by atoms with Gasteiger partial charge in [0.05, 0.1) is 17.1 Å². The fourth-order valence-electron chi connectivity index (χ4n) is 5.20. The molecule has 0 radical (unpaired) electrons. The van der Waals surface area contributed by atoms with Gasteiger partial charge in [-0.25, -0.2) is 9.97 Å². The van der Waals surface area contributed by atoms with Crippen LogP contribution in [-0.2, 0) is 0 Å². The lowest BCUT2D eigenvalue weighted by Crippen LogP contribution is -1.97. The number of nitrogens with zero attached hydrogens (tertiary/aromatic N) is 3. The Morgan fingerprint density at radius 2 is 0.714 bits per heavy atom. The summed E-state index contributed by atoms with van der Waals surface area (Å²) < 4.78 is 0. The van der Waals surface area contributed by atoms with Crippen molar-refractivity contribution in [1.29, 1.82) is 0 Å². The third-order valence-electron chi connectivity index (χ3n) is 7.34. The van der Waals surface area contributed by atoms with Crippen molar-refractivity contribution < 1.29 is 0 Å². The molecule has 198 valence electrons. The Balaban J connectivity index is 1.38. The highest BCUT2D eigenvalue weighted by Gasteiger charge is 2.13. The third kappa shape index (κ3) is 5.36. The molecular formula is C39H27N3. The molecule has 0 fully saturated rings. The van der Waals surface area contributed by atoms with E-state index in [2.05, 4.69) is 126 Å². The number of pyridine rings is 1. The number of benzene rings is 5. The molecule has 0 saturated heterocycles. The van der Waals surface area contributed by atoms with E-state index in [0.29, 0.717) is 5.82 Å². The van der Waals surface area contributed by atoms with Crippen LogP contribution >= 0.6 is 0 Å². The van der Waals surface area contributed by atoms with Crippen LogP contribution in [0.25, 0.3) is 67.4 Å². The van der Waals surface area contributed by atoms with Gasteiger partial charge in [-0.2, -0.15) is 0 Å². The summed E-state index contributed by atoms with van der Waals surface area (Å²) >= 11 is 0. The van der Waals surface area contributed by atoms with Crippen LogP contribution in [-0.4, -0.2) is 15.0 Å². The van der Waals surface area contributed by atoms with Gasteiger partial charge < -0.3 is 0 Å². The van der Waals surface area contributed by atoms with E-state index in [4.69, 9.17) is 9.97 Å². The van der Waals surface area contributed by atoms with Crippen molar-refractivity contribution in [2.24, 2.45) is 0 Å². The molecule has 7 rings (SSSR count). The van der Waals surface area contributed by atoms with Crippen LogP contribution in [0.15, 0.2) is 164 Å². The van der Waals surface area contributed by atoms with Crippen LogP contribution in [0.2, 0.25) is 0 Å². The Kier molecular flexibility index (Phi) is 6.89. The zero-order valence-electron chi connectivity index (χ0n) is 22.9. The topological polar surface area (TPSA) is 38.7 Å². The summed E-state index contributed by atoms with van der Waals surface area (Å²) in [5, 5.41) is 0. The molecule has 3 nitrogen and oxygen atoms in total. The predicted molar refractivity (Wildman–Crippen MR) is 172 cm³/mol. The first kappa shape index (κ1) is 25.3. The van der Waals surface area contributed by atoms with Gasteiger partial charge in [-0.05, 0) is 58.7 Å². The van der Waals surface area contributed by atoms with Gasteiger partial charge in [-0.15, -0.1) is 0 Å². The fraction of sp³-hybridized carbons (Fsp3) is 0. The van der Waals surface area contributed by atoms with Gasteiger partial charge in [-0.1, -0.05) is 121 Å². The van der Waals surface area contributed by atoms with Crippen molar-refractivity contribution >= 4 is 0 Å². The quantitative estimate of drug-likeness (QED) is 0.212. The van der Waals surface area contributed by atoms with E-state index in [1.54, 1.807) is 0 Å². The van der Waals surface area contributed by atoms with Gasteiger partial charge >= 0.3 is 0 Å². The van der Waals surface area contributed by atoms with Gasteiger partial charge in [0.15, 0.2) is 5.82 Å². The van der Waals surface area contributed by atoms with E-state index in [9.17, 15) is 0 Å². The lowest BCUT2D eigenvalue weighted by molar-refractivity contribution is 1.18. The van der Waals surface area contributed by atoms with Crippen LogP contribution in [0.4, 0.5) is 0 Å². The highest BCUT2D eigenvalue weighted by molar-refractivity contribution is 5.78. The van der Waals surface area contributed by atoms with Gasteiger partial charge in [0.25, 0.3) is 0 Å². The van der Waals surface area contributed by atoms with Crippen molar-refractivity contribution in [2.75, 3.05) is 0 Å². The molecule has 5 aromatic carbocycles. The molecule has 0 spiro atoms. The molecule has 42 heavy (non-hydrogen) atoms. The van der Waals surface area contributed by atoms with Crippen molar-refractivity contribution in [2.45, 2.75) is 0 Å². The molecule has 0 amide bonds. The summed E-state index contributed by atoms with van der Waals surface area (Å²) in [6.45, 7) is 0. The number of hydrogen-bond donors (Lipinski definition) is 0. The lowest BCUT2D eigenvalue weighted by atomic mass is 9.99. The molecule has 0 aliphatic carbocycles. The molecule has 0 aliphatic rings. The van der Waals surface area contributed by atoms with Crippen molar-refractivity contribution in [3.05, 3.63) is 164 Å². The third-order valence-corrected chi connectivity index (χ3v) is 7.34. The Morgan fingerprint density at radius 3 is 1.24 bits per heavy atom. The standard InChI is InChI=1S/C39H27N3/c1-3-12-28(13-4-1)30-16-9-19-33(24-30)37-27-38(34-20-10-17-31(25-34)29-14-5-2-6-15-29)42-39(41-37)35-21-11-18-32(26-35)36-22-7-8-23-40-36/h1-27H. The minimum atomic E-state index is 0.676. The van der Waals surface area contributed by atoms with Gasteiger partial charge in [0, 0.05) is 28.5 Å². The molecule has 0 N–H and O–H groups in total. The minimum absolute atomic E-state index is 0.676. The summed E-state index contributed by atoms with van der Waals surface area (Å²) in [5.74, 6) is 0.676. The molecule has 0 bridgehead atoms. The zero-order chi connectivity index (χ0) is 28.1. The molecular weight excluding hydrogens is 510 g/mol. The van der Waals surface area contributed by atoms with Gasteiger partial charge in [-0.3, -0.25) is 4.98 Å². The maximum absolute atomic E-state index is 5.12. The summed E-state index contributed by atoms with van der Waals surface area (Å²) in [7, 11) is 0. The van der Waals surface area contributed by atoms with E-state index in [1.165, 1.54) is 11.1 Å². The molecule has 3 heteroatoms. The second-order valence-corrected chi connectivity index (χ2v) is 10.2. The first-order chi connectivity index (χ1) is 20.8. The largest absolute Gasteiger partial charge is 0.256 e. The summed E-state index contributed by atoms with van der Waals surface area (Å²) in [4.78, 5) is 14.8. The Labute approximate surface area is 245 Å². The SMILES string of the molecule is c1ccc(-c2cccc(-c3cc(-c4cccc(-c5ccccc5)c4)nc(-c4cccc(-c5ccccn5)c4)n3)c2)cc1. The summed E-state index contributed by atoms with van der Waals surface area (Å²) in [5.41, 5.74) is 11.4. The fourth-order valence-corrected chi connectivity index (χ4v) is 5.20. The molecule has 0 aliphatic heterocycles. The molecule has 0 unspecified atom stereocenters. The Hall–Kier alpha value is -5.67. The normalized spacial score (nSPS) is 10.9. The number of aromatic nitrogens is 3. The van der Waals surface area contributed by atoms with Crippen LogP contribution in [0.1, 0.15) is 0 Å². The van der Waals surface area contributed by atoms with E-state index >= 15 is 0 Å². The van der Waals surface area contributed by atoms with E-state index in [1.807, 2.05) is 42.6 Å². The van der Waals surface area contributed by atoms with Crippen molar-refractivity contribution in [3.63, 3.8) is 0 Å². The second kappa shape index (κ2) is 11.4. The highest BCUT2D eigenvalue weighted by atomic mass is 14.9. The first-order valence-corrected chi connectivity index (χ1v) is 14.0. The molecule has 0 saturated carbocycles. The molecule has 7 aromatic rings. The monoisotopic (exact) mass is 537 g/mol. The van der Waals surface area contributed by atoms with Crippen molar-refractivity contribution in [3.8, 4) is 67.4 Å². The van der Waals surface area contributed by atoms with Crippen LogP contribution in [0, 0.1) is 0 Å². The van der Waals surface area contributed by atoms with Crippen LogP contribution in [0.5, 0.6) is 0 Å². The van der Waals surface area contributed by atoms with Gasteiger partial charge in [0.2, 0.25) is 0 Å². The van der Waals surface area contributed by atoms with E-state index < -0.39 is 0 Å². The zero-order valence-corrected chi connectivity index (χ0v) is 22.9. The first-order valence-electron chi connectivity index (χ1n) is 14.0. The minimum Gasteiger partial charge on any atom is -0.256 e. The maximum atomic E-state index is 5.12. The highest BCUT2D eigenvalue weighted by Crippen LogP contribution is 2.32. The van der Waals surface area contributed by atoms with E-state index in [0.717, 1.165) is 50.5 Å². The summed E-state index contributed by atoms with van der Waals surface area (Å²) in [6, 6.07) is 54.3. The lowest BCUT2D eigenvalue weighted by Gasteiger charge is -2.12. The molecule has 2 aromatic heterocycles. The van der Waals surface area contributed by atoms with Crippen molar-refractivity contribution in [1.82, 2.24) is 15.0 Å². The second-order valence-electron chi connectivity index (χ2n) is 10.2. The van der Waals surface area contributed by atoms with E-state index in [-0.39, 0.29) is 0 Å².